The lowest BCUT2D eigenvalue weighted by atomic mass is 10.0. The van der Waals surface area contributed by atoms with Crippen LogP contribution in [0.25, 0.3) is 0 Å². The van der Waals surface area contributed by atoms with Crippen LogP contribution in [0.3, 0.4) is 0 Å². The Hall–Kier alpha value is -2.38. The minimum atomic E-state index is -2.88. The first kappa shape index (κ1) is 14.0. The van der Waals surface area contributed by atoms with Crippen molar-refractivity contribution in [1.29, 1.82) is 0 Å². The van der Waals surface area contributed by atoms with Crippen molar-refractivity contribution in [3.8, 4) is 0 Å². The zero-order valence-corrected chi connectivity index (χ0v) is 10.8. The van der Waals surface area contributed by atoms with E-state index in [1.807, 2.05) is 0 Å². The van der Waals surface area contributed by atoms with E-state index in [1.165, 1.54) is 24.3 Å². The summed E-state index contributed by atoms with van der Waals surface area (Å²) in [5.74, 6) is -0.575. The van der Waals surface area contributed by atoms with E-state index in [4.69, 9.17) is 0 Å². The highest BCUT2D eigenvalue weighted by molar-refractivity contribution is 7.79. The molecule has 0 amide bonds. The average molecular weight is 290 g/mol. The van der Waals surface area contributed by atoms with Gasteiger partial charge in [0.2, 0.25) is 0 Å². The summed E-state index contributed by atoms with van der Waals surface area (Å²) in [4.78, 5) is 21.7. The van der Waals surface area contributed by atoms with Gasteiger partial charge in [-0.05, 0) is 17.1 Å². The molecule has 0 saturated carbocycles. The number of hydrogen-bond donors (Lipinski definition) is 0. The van der Waals surface area contributed by atoms with Crippen LogP contribution in [-0.4, -0.2) is 19.5 Å². The maximum absolute atomic E-state index is 12.3. The highest BCUT2D eigenvalue weighted by Gasteiger charge is 2.22. The Morgan fingerprint density at radius 3 is 2.25 bits per heavy atom. The fourth-order valence-electron chi connectivity index (χ4n) is 1.77. The monoisotopic (exact) mass is 290 g/mol. The number of nitro groups is 1. The van der Waals surface area contributed by atoms with Gasteiger partial charge in [0, 0.05) is 17.2 Å². The summed E-state index contributed by atoms with van der Waals surface area (Å²) in [6.07, 6.45) is 0. The minimum Gasteiger partial charge on any atom is -0.768 e. The van der Waals surface area contributed by atoms with Gasteiger partial charge in [0.25, 0.3) is 5.69 Å². The molecule has 0 spiro atoms. The van der Waals surface area contributed by atoms with Crippen LogP contribution < -0.4 is 0 Å². The maximum Gasteiger partial charge on any atom is 0.285 e. The quantitative estimate of drug-likeness (QED) is 0.371. The second-order valence-corrected chi connectivity index (χ2v) is 4.72. The van der Waals surface area contributed by atoms with Crippen LogP contribution in [0, 0.1) is 10.1 Å². The molecular formula is C13H8NO5S-. The van der Waals surface area contributed by atoms with Gasteiger partial charge >= 0.3 is 0 Å². The molecule has 0 aromatic heterocycles. The van der Waals surface area contributed by atoms with E-state index in [9.17, 15) is 23.7 Å². The van der Waals surface area contributed by atoms with Crippen molar-refractivity contribution in [2.75, 3.05) is 0 Å². The Morgan fingerprint density at radius 1 is 1.05 bits per heavy atom. The van der Waals surface area contributed by atoms with Crippen LogP contribution in [0.4, 0.5) is 5.69 Å². The van der Waals surface area contributed by atoms with Gasteiger partial charge in [-0.25, -0.2) is 0 Å². The van der Waals surface area contributed by atoms with Crippen molar-refractivity contribution < 1.29 is 18.5 Å². The molecule has 0 aliphatic heterocycles. The largest absolute Gasteiger partial charge is 0.768 e. The average Bonchev–Trinajstić information content (AvgIpc) is 2.46. The van der Waals surface area contributed by atoms with Crippen molar-refractivity contribution in [1.82, 2.24) is 0 Å². The van der Waals surface area contributed by atoms with Crippen LogP contribution in [0.15, 0.2) is 53.4 Å². The predicted molar refractivity (Wildman–Crippen MR) is 70.2 cm³/mol. The first-order valence-corrected chi connectivity index (χ1v) is 6.56. The Balaban J connectivity index is 2.63. The van der Waals surface area contributed by atoms with E-state index in [1.54, 1.807) is 18.2 Å². The molecule has 1 atom stereocenters. The normalized spacial score (nSPS) is 11.8. The molecule has 0 aliphatic rings. The summed E-state index contributed by atoms with van der Waals surface area (Å²) in [7, 11) is 0. The Labute approximate surface area is 116 Å². The molecule has 2 aromatic carbocycles. The molecule has 0 saturated heterocycles. The molecule has 0 aliphatic carbocycles. The minimum absolute atomic E-state index is 0.210. The maximum atomic E-state index is 12.3. The fraction of sp³-hybridized carbons (Fsp3) is 0. The molecule has 0 radical (unpaired) electrons. The molecule has 1 unspecified atom stereocenters. The second kappa shape index (κ2) is 5.72. The standard InChI is InChI=1S/C13H9NO5S/c15-12(9-5-2-1-3-6-9)10-7-4-8-11(14(16)17)13(10)20(18)19/h1-8H,(H,18,19)/p-1. The van der Waals surface area contributed by atoms with Crippen LogP contribution >= 0.6 is 0 Å². The third kappa shape index (κ3) is 2.63. The van der Waals surface area contributed by atoms with Gasteiger partial charge in [-0.1, -0.05) is 36.4 Å². The van der Waals surface area contributed by atoms with Crippen LogP contribution in [0.1, 0.15) is 15.9 Å². The van der Waals surface area contributed by atoms with Crippen molar-refractivity contribution >= 4 is 22.6 Å². The molecule has 0 fully saturated rings. The number of nitrogens with zero attached hydrogens (tertiary/aromatic N) is 1. The molecule has 6 nitrogen and oxygen atoms in total. The highest BCUT2D eigenvalue weighted by atomic mass is 32.2. The number of benzene rings is 2. The summed E-state index contributed by atoms with van der Waals surface area (Å²) >= 11 is -2.88. The predicted octanol–water partition coefficient (Wildman–Crippen LogP) is 2.06. The molecule has 2 aromatic rings. The van der Waals surface area contributed by atoms with Crippen molar-refractivity contribution in [3.63, 3.8) is 0 Å². The van der Waals surface area contributed by atoms with Gasteiger partial charge in [0.05, 0.1) is 4.92 Å². The van der Waals surface area contributed by atoms with Gasteiger partial charge in [-0.15, -0.1) is 0 Å². The van der Waals surface area contributed by atoms with Gasteiger partial charge in [-0.3, -0.25) is 19.1 Å². The fourth-order valence-corrected chi connectivity index (χ4v) is 2.42. The molecule has 7 heteroatoms. The van der Waals surface area contributed by atoms with Crippen LogP contribution in [0.2, 0.25) is 0 Å². The Kier molecular flexibility index (Phi) is 4.02. The lowest BCUT2D eigenvalue weighted by molar-refractivity contribution is -0.387. The smallest absolute Gasteiger partial charge is 0.285 e. The van der Waals surface area contributed by atoms with E-state index >= 15 is 0 Å². The second-order valence-electron chi connectivity index (χ2n) is 3.84. The number of rotatable bonds is 4. The number of carbonyl (C=O) groups excluding carboxylic acids is 1. The molecule has 0 bridgehead atoms. The topological polar surface area (TPSA) is 100 Å². The van der Waals surface area contributed by atoms with E-state index in [0.717, 1.165) is 6.07 Å². The van der Waals surface area contributed by atoms with Crippen molar-refractivity contribution in [2.45, 2.75) is 4.90 Å². The molecule has 20 heavy (non-hydrogen) atoms. The van der Waals surface area contributed by atoms with Gasteiger partial charge in [0.15, 0.2) is 5.78 Å². The lowest BCUT2D eigenvalue weighted by Crippen LogP contribution is -2.09. The summed E-state index contributed by atoms with van der Waals surface area (Å²) < 4.78 is 22.5. The van der Waals surface area contributed by atoms with Crippen LogP contribution in [0.5, 0.6) is 0 Å². The van der Waals surface area contributed by atoms with Gasteiger partial charge < -0.3 is 4.55 Å². The summed E-state index contributed by atoms with van der Waals surface area (Å²) in [5.41, 5.74) is -0.557. The SMILES string of the molecule is O=C(c1ccccc1)c1cccc([N+](=O)[O-])c1S(=O)[O-]. The number of ketones is 1. The molecule has 0 heterocycles. The molecular weight excluding hydrogens is 282 g/mol. The van der Waals surface area contributed by atoms with Gasteiger partial charge in [-0.2, -0.15) is 0 Å². The first-order valence-electron chi connectivity index (χ1n) is 5.49. The number of carbonyl (C=O) groups is 1. The molecule has 0 N–H and O–H groups in total. The summed E-state index contributed by atoms with van der Waals surface area (Å²) in [6.45, 7) is 0. The number of hydrogen-bond acceptors (Lipinski definition) is 5. The molecule has 2 rings (SSSR count). The van der Waals surface area contributed by atoms with E-state index in [0.29, 0.717) is 0 Å². The van der Waals surface area contributed by atoms with E-state index in [-0.39, 0.29) is 11.1 Å². The van der Waals surface area contributed by atoms with E-state index in [2.05, 4.69) is 0 Å². The summed E-state index contributed by atoms with van der Waals surface area (Å²) in [5, 5.41) is 10.9. The lowest BCUT2D eigenvalue weighted by Gasteiger charge is -2.11. The Bertz CT molecular complexity index is 699. The third-order valence-electron chi connectivity index (χ3n) is 2.64. The Morgan fingerprint density at radius 2 is 1.70 bits per heavy atom. The summed E-state index contributed by atoms with van der Waals surface area (Å²) in [6, 6.07) is 11.6. The zero-order chi connectivity index (χ0) is 14.7. The van der Waals surface area contributed by atoms with Gasteiger partial charge in [0.1, 0.15) is 4.90 Å². The highest BCUT2D eigenvalue weighted by Crippen LogP contribution is 2.27. The molecule has 102 valence electrons. The third-order valence-corrected chi connectivity index (χ3v) is 3.40. The van der Waals surface area contributed by atoms with E-state index < -0.39 is 32.4 Å². The zero-order valence-electron chi connectivity index (χ0n) is 10.0. The van der Waals surface area contributed by atoms with Crippen LogP contribution in [-0.2, 0) is 11.1 Å². The van der Waals surface area contributed by atoms with Crippen molar-refractivity contribution in [2.24, 2.45) is 0 Å². The number of nitro benzene ring substituents is 1. The first-order chi connectivity index (χ1) is 9.52. The van der Waals surface area contributed by atoms with Crippen molar-refractivity contribution in [3.05, 3.63) is 69.8 Å².